The normalized spacial score (nSPS) is 21.8. The number of aliphatic hydroxyl groups excluding tert-OH is 1. The van der Waals surface area contributed by atoms with Gasteiger partial charge < -0.3 is 15.0 Å². The highest BCUT2D eigenvalue weighted by Gasteiger charge is 2.23. The summed E-state index contributed by atoms with van der Waals surface area (Å²) in [5.74, 6) is 0.434. The van der Waals surface area contributed by atoms with Crippen molar-refractivity contribution in [2.24, 2.45) is 0 Å². The van der Waals surface area contributed by atoms with Crippen LogP contribution >= 0.6 is 0 Å². The molecule has 0 radical (unpaired) electrons. The molecular weight excluding hydrogens is 206 g/mol. The van der Waals surface area contributed by atoms with Crippen LogP contribution in [0.25, 0.3) is 0 Å². The second-order valence-electron chi connectivity index (χ2n) is 4.12. The maximum absolute atomic E-state index is 11.7. The van der Waals surface area contributed by atoms with Crippen molar-refractivity contribution in [3.8, 4) is 0 Å². The Bertz CT molecular complexity index is 391. The molecule has 1 atom stereocenters. The zero-order chi connectivity index (χ0) is 11.4. The van der Waals surface area contributed by atoms with Crippen LogP contribution in [0.3, 0.4) is 0 Å². The van der Waals surface area contributed by atoms with E-state index in [0.717, 1.165) is 32.2 Å². The summed E-state index contributed by atoms with van der Waals surface area (Å²) in [6, 6.07) is 0.0264. The zero-order valence-corrected chi connectivity index (χ0v) is 9.22. The molecule has 1 aliphatic heterocycles. The number of hydrogen-bond acceptors (Lipinski definition) is 4. The Morgan fingerprint density at radius 3 is 3.12 bits per heavy atom. The molecule has 5 nitrogen and oxygen atoms in total. The van der Waals surface area contributed by atoms with Gasteiger partial charge in [0.25, 0.3) is 5.56 Å². The summed E-state index contributed by atoms with van der Waals surface area (Å²) in [5, 5.41) is 9.36. The van der Waals surface area contributed by atoms with Crippen molar-refractivity contribution in [1.29, 1.82) is 0 Å². The maximum atomic E-state index is 11.7. The van der Waals surface area contributed by atoms with E-state index in [2.05, 4.69) is 9.97 Å². The van der Waals surface area contributed by atoms with E-state index < -0.39 is 0 Å². The van der Waals surface area contributed by atoms with Crippen LogP contribution in [-0.2, 0) is 0 Å². The molecule has 88 valence electrons. The molecule has 0 saturated carbocycles. The fraction of sp³-hybridized carbons (Fsp3) is 0.636. The van der Waals surface area contributed by atoms with Gasteiger partial charge in [0.1, 0.15) is 0 Å². The van der Waals surface area contributed by atoms with Gasteiger partial charge in [-0.15, -0.1) is 0 Å². The summed E-state index contributed by atoms with van der Waals surface area (Å²) in [5.41, 5.74) is -0.178. The summed E-state index contributed by atoms with van der Waals surface area (Å²) in [7, 11) is 0. The van der Waals surface area contributed by atoms with Gasteiger partial charge in [-0.1, -0.05) is 12.8 Å². The monoisotopic (exact) mass is 223 g/mol. The van der Waals surface area contributed by atoms with Gasteiger partial charge in [-0.3, -0.25) is 4.79 Å². The Labute approximate surface area is 94.1 Å². The predicted octanol–water partition coefficient (Wildman–Crippen LogP) is 0.511. The minimum atomic E-state index is -0.178. The summed E-state index contributed by atoms with van der Waals surface area (Å²) >= 11 is 0. The number of aromatic nitrogens is 2. The number of nitrogens with zero attached hydrogens (tertiary/aromatic N) is 2. The fourth-order valence-electron chi connectivity index (χ4n) is 2.19. The molecule has 1 unspecified atom stereocenters. The molecule has 0 amide bonds. The van der Waals surface area contributed by atoms with Gasteiger partial charge in [0.05, 0.1) is 12.6 Å². The first kappa shape index (κ1) is 11.1. The van der Waals surface area contributed by atoms with Gasteiger partial charge in [-0.2, -0.15) is 0 Å². The Morgan fingerprint density at radius 1 is 1.50 bits per heavy atom. The molecular formula is C11H17N3O2. The average Bonchev–Trinajstić information content (AvgIpc) is 2.54. The van der Waals surface area contributed by atoms with Crippen molar-refractivity contribution in [3.63, 3.8) is 0 Å². The lowest BCUT2D eigenvalue weighted by molar-refractivity contribution is 0.254. The lowest BCUT2D eigenvalue weighted by atomic mass is 10.1. The molecule has 1 saturated heterocycles. The molecule has 0 spiro atoms. The first-order chi connectivity index (χ1) is 7.83. The topological polar surface area (TPSA) is 69.2 Å². The van der Waals surface area contributed by atoms with Crippen LogP contribution in [0.5, 0.6) is 0 Å². The van der Waals surface area contributed by atoms with E-state index in [-0.39, 0.29) is 18.2 Å². The predicted molar refractivity (Wildman–Crippen MR) is 61.5 cm³/mol. The number of H-pyrrole nitrogens is 1. The van der Waals surface area contributed by atoms with E-state index in [0.29, 0.717) is 5.82 Å². The molecule has 16 heavy (non-hydrogen) atoms. The number of anilines is 1. The van der Waals surface area contributed by atoms with E-state index >= 15 is 0 Å². The maximum Gasteiger partial charge on any atom is 0.290 e. The van der Waals surface area contributed by atoms with E-state index in [1.807, 2.05) is 4.90 Å². The smallest absolute Gasteiger partial charge is 0.290 e. The summed E-state index contributed by atoms with van der Waals surface area (Å²) in [6.45, 7) is 0.876. The standard InChI is InChI=1S/C11H17N3O2/c15-8-9-4-2-1-3-7-14(9)10-11(16)13-6-5-12-10/h5-6,9,15H,1-4,7-8H2,(H,13,16). The van der Waals surface area contributed by atoms with Crippen molar-refractivity contribution in [2.75, 3.05) is 18.1 Å². The van der Waals surface area contributed by atoms with Gasteiger partial charge in [0.15, 0.2) is 5.82 Å². The van der Waals surface area contributed by atoms with E-state index in [4.69, 9.17) is 0 Å². The number of aliphatic hydroxyl groups is 1. The van der Waals surface area contributed by atoms with Crippen molar-refractivity contribution in [3.05, 3.63) is 22.7 Å². The van der Waals surface area contributed by atoms with Crippen molar-refractivity contribution >= 4 is 5.82 Å². The molecule has 0 aromatic carbocycles. The zero-order valence-electron chi connectivity index (χ0n) is 9.22. The van der Waals surface area contributed by atoms with Gasteiger partial charge in [0, 0.05) is 18.9 Å². The third-order valence-electron chi connectivity index (χ3n) is 3.05. The fourth-order valence-corrected chi connectivity index (χ4v) is 2.19. The SMILES string of the molecule is O=c1[nH]ccnc1N1CCCCCC1CO. The van der Waals surface area contributed by atoms with Crippen LogP contribution in [0.15, 0.2) is 17.2 Å². The molecule has 1 aromatic heterocycles. The van der Waals surface area contributed by atoms with Gasteiger partial charge in [0.2, 0.25) is 0 Å². The first-order valence-corrected chi connectivity index (χ1v) is 5.74. The quantitative estimate of drug-likeness (QED) is 0.766. The van der Waals surface area contributed by atoms with Crippen LogP contribution in [0, 0.1) is 0 Å². The van der Waals surface area contributed by atoms with E-state index in [9.17, 15) is 9.90 Å². The number of hydrogen-bond donors (Lipinski definition) is 2. The average molecular weight is 223 g/mol. The van der Waals surface area contributed by atoms with Crippen molar-refractivity contribution in [2.45, 2.75) is 31.7 Å². The molecule has 0 aliphatic carbocycles. The number of rotatable bonds is 2. The molecule has 1 fully saturated rings. The first-order valence-electron chi connectivity index (χ1n) is 5.74. The van der Waals surface area contributed by atoms with Crippen LogP contribution in [0.1, 0.15) is 25.7 Å². The number of nitrogens with one attached hydrogen (secondary N) is 1. The van der Waals surface area contributed by atoms with Crippen LogP contribution in [0.2, 0.25) is 0 Å². The van der Waals surface area contributed by atoms with Crippen LogP contribution < -0.4 is 10.5 Å². The summed E-state index contributed by atoms with van der Waals surface area (Å²) in [6.07, 6.45) is 7.33. The van der Waals surface area contributed by atoms with Gasteiger partial charge in [-0.25, -0.2) is 4.98 Å². The summed E-state index contributed by atoms with van der Waals surface area (Å²) < 4.78 is 0. The lowest BCUT2D eigenvalue weighted by Crippen LogP contribution is -2.41. The Kier molecular flexibility index (Phi) is 3.56. The molecule has 2 N–H and O–H groups in total. The molecule has 1 aliphatic rings. The molecule has 2 heterocycles. The Hall–Kier alpha value is -1.36. The van der Waals surface area contributed by atoms with Crippen LogP contribution in [-0.4, -0.2) is 34.3 Å². The molecule has 1 aromatic rings. The molecule has 0 bridgehead atoms. The highest BCUT2D eigenvalue weighted by molar-refractivity contribution is 5.37. The van der Waals surface area contributed by atoms with E-state index in [1.165, 1.54) is 6.20 Å². The second kappa shape index (κ2) is 5.12. The molecule has 2 rings (SSSR count). The highest BCUT2D eigenvalue weighted by Crippen LogP contribution is 2.19. The lowest BCUT2D eigenvalue weighted by Gasteiger charge is -2.28. The van der Waals surface area contributed by atoms with Crippen molar-refractivity contribution in [1.82, 2.24) is 9.97 Å². The number of aromatic amines is 1. The van der Waals surface area contributed by atoms with Crippen LogP contribution in [0.4, 0.5) is 5.82 Å². The minimum absolute atomic E-state index is 0.0264. The molecule has 5 heteroatoms. The third kappa shape index (κ3) is 2.24. The largest absolute Gasteiger partial charge is 0.394 e. The summed E-state index contributed by atoms with van der Waals surface area (Å²) in [4.78, 5) is 20.3. The minimum Gasteiger partial charge on any atom is -0.394 e. The van der Waals surface area contributed by atoms with Gasteiger partial charge in [-0.05, 0) is 12.8 Å². The third-order valence-corrected chi connectivity index (χ3v) is 3.05. The highest BCUT2D eigenvalue weighted by atomic mass is 16.3. The Balaban J connectivity index is 2.29. The Morgan fingerprint density at radius 2 is 2.38 bits per heavy atom. The van der Waals surface area contributed by atoms with Crippen molar-refractivity contribution < 1.29 is 5.11 Å². The van der Waals surface area contributed by atoms with E-state index in [1.54, 1.807) is 6.20 Å². The van der Waals surface area contributed by atoms with Gasteiger partial charge >= 0.3 is 0 Å². The second-order valence-corrected chi connectivity index (χ2v) is 4.12.